The first kappa shape index (κ1) is 31.9. The number of anilines is 2. The summed E-state index contributed by atoms with van der Waals surface area (Å²) in [5, 5.41) is 2.54. The molecule has 2 atom stereocenters. The SMILES string of the molecule is O=C(Nc1ccc(N2CCN(C(=O)C3CCC[C@H]3C(=O)OCc3ccccc3)CC2)cc1)c1cc(-c2ccccc2)oc1C(F)(F)F. The Bertz CT molecular complexity index is 1700. The van der Waals surface area contributed by atoms with Crippen LogP contribution in [0.15, 0.2) is 95.4 Å². The van der Waals surface area contributed by atoms with Gasteiger partial charge in [0.25, 0.3) is 5.91 Å². The summed E-state index contributed by atoms with van der Waals surface area (Å²) < 4.78 is 51.8. The summed E-state index contributed by atoms with van der Waals surface area (Å²) >= 11 is 0. The number of rotatable bonds is 8. The minimum atomic E-state index is -4.85. The van der Waals surface area contributed by atoms with Crippen molar-refractivity contribution in [2.75, 3.05) is 36.4 Å². The summed E-state index contributed by atoms with van der Waals surface area (Å²) in [6, 6.07) is 25.6. The predicted octanol–water partition coefficient (Wildman–Crippen LogP) is 7.03. The second kappa shape index (κ2) is 13.7. The highest BCUT2D eigenvalue weighted by Gasteiger charge is 2.42. The lowest BCUT2D eigenvalue weighted by atomic mass is 9.94. The van der Waals surface area contributed by atoms with Crippen molar-refractivity contribution in [2.24, 2.45) is 11.8 Å². The molecule has 244 valence electrons. The number of furan rings is 1. The summed E-state index contributed by atoms with van der Waals surface area (Å²) in [6.45, 7) is 2.30. The molecule has 1 saturated carbocycles. The molecule has 0 radical (unpaired) electrons. The number of alkyl halides is 3. The Morgan fingerprint density at radius 1 is 0.830 bits per heavy atom. The van der Waals surface area contributed by atoms with Crippen molar-refractivity contribution >= 4 is 29.2 Å². The van der Waals surface area contributed by atoms with Gasteiger partial charge < -0.3 is 24.3 Å². The first-order valence-corrected chi connectivity index (χ1v) is 15.6. The molecule has 2 aliphatic rings. The largest absolute Gasteiger partial charge is 0.461 e. The Morgan fingerprint density at radius 2 is 1.47 bits per heavy atom. The normalized spacial score (nSPS) is 18.2. The number of hydrogen-bond acceptors (Lipinski definition) is 6. The van der Waals surface area contributed by atoms with Gasteiger partial charge in [0, 0.05) is 43.1 Å². The molecule has 0 spiro atoms. The van der Waals surface area contributed by atoms with E-state index in [1.54, 1.807) is 54.6 Å². The van der Waals surface area contributed by atoms with Crippen LogP contribution < -0.4 is 10.2 Å². The van der Waals surface area contributed by atoms with Crippen LogP contribution in [0.5, 0.6) is 0 Å². The standard InChI is InChI=1S/C36H34F3N3O5/c37-36(38,39)32-30(22-31(47-32)25-10-5-2-6-11-25)33(43)40-26-14-16-27(17-15-26)41-18-20-42(21-19-41)34(44)28-12-7-13-29(28)35(45)46-23-24-8-3-1-4-9-24/h1-6,8-11,14-17,22,28-29H,7,12-13,18-21,23H2,(H,40,43)/t28?,29-/m1/s1. The summed E-state index contributed by atoms with van der Waals surface area (Å²) in [6.07, 6.45) is -2.75. The number of esters is 1. The van der Waals surface area contributed by atoms with Crippen LogP contribution in [-0.4, -0.2) is 48.9 Å². The van der Waals surface area contributed by atoms with Crippen molar-refractivity contribution in [2.45, 2.75) is 32.0 Å². The summed E-state index contributed by atoms with van der Waals surface area (Å²) in [5.74, 6) is -3.51. The van der Waals surface area contributed by atoms with E-state index in [2.05, 4.69) is 10.2 Å². The van der Waals surface area contributed by atoms with Crippen molar-refractivity contribution in [1.82, 2.24) is 4.90 Å². The molecule has 4 aromatic rings. The molecule has 1 aromatic heterocycles. The van der Waals surface area contributed by atoms with Gasteiger partial charge in [-0.3, -0.25) is 14.4 Å². The molecule has 3 aromatic carbocycles. The molecule has 8 nitrogen and oxygen atoms in total. The Labute approximate surface area is 270 Å². The maximum atomic E-state index is 13.7. The minimum absolute atomic E-state index is 0.0187. The van der Waals surface area contributed by atoms with Gasteiger partial charge in [-0.1, -0.05) is 67.1 Å². The van der Waals surface area contributed by atoms with Crippen LogP contribution in [0.1, 0.15) is 40.9 Å². The third-order valence-electron chi connectivity index (χ3n) is 8.73. The third kappa shape index (κ3) is 7.34. The van der Waals surface area contributed by atoms with Crippen molar-refractivity contribution in [3.05, 3.63) is 108 Å². The average molecular weight is 646 g/mol. The van der Waals surface area contributed by atoms with Crippen LogP contribution in [0.2, 0.25) is 0 Å². The highest BCUT2D eigenvalue weighted by Crippen LogP contribution is 2.38. The zero-order valence-corrected chi connectivity index (χ0v) is 25.5. The molecular formula is C36H34F3N3O5. The van der Waals surface area contributed by atoms with Gasteiger partial charge in [-0.25, -0.2) is 0 Å². The summed E-state index contributed by atoms with van der Waals surface area (Å²) in [4.78, 5) is 43.2. The molecule has 2 amide bonds. The number of halogens is 3. The topological polar surface area (TPSA) is 92.1 Å². The van der Waals surface area contributed by atoms with Crippen molar-refractivity contribution < 1.29 is 36.7 Å². The lowest BCUT2D eigenvalue weighted by molar-refractivity contribution is -0.155. The Hall–Kier alpha value is -5.06. The van der Waals surface area contributed by atoms with Gasteiger partial charge in [0.15, 0.2) is 0 Å². The second-order valence-electron chi connectivity index (χ2n) is 11.8. The number of amides is 2. The van der Waals surface area contributed by atoms with Gasteiger partial charge in [-0.15, -0.1) is 0 Å². The number of carbonyl (C=O) groups is 3. The maximum Gasteiger partial charge on any atom is 0.450 e. The first-order valence-electron chi connectivity index (χ1n) is 15.6. The molecule has 6 rings (SSSR count). The Morgan fingerprint density at radius 3 is 2.13 bits per heavy atom. The number of nitrogens with zero attached hydrogens (tertiary/aromatic N) is 2. The number of benzene rings is 3. The van der Waals surface area contributed by atoms with Gasteiger partial charge in [0.1, 0.15) is 12.4 Å². The predicted molar refractivity (Wildman–Crippen MR) is 169 cm³/mol. The minimum Gasteiger partial charge on any atom is -0.461 e. The Balaban J connectivity index is 1.03. The highest BCUT2D eigenvalue weighted by atomic mass is 19.4. The molecule has 0 bridgehead atoms. The quantitative estimate of drug-likeness (QED) is 0.207. The fourth-order valence-corrected chi connectivity index (χ4v) is 6.26. The number of hydrogen-bond donors (Lipinski definition) is 1. The molecule has 1 unspecified atom stereocenters. The van der Waals surface area contributed by atoms with Crippen LogP contribution >= 0.6 is 0 Å². The molecule has 11 heteroatoms. The van der Waals surface area contributed by atoms with E-state index >= 15 is 0 Å². The lowest BCUT2D eigenvalue weighted by Gasteiger charge is -2.37. The molecule has 47 heavy (non-hydrogen) atoms. The maximum absolute atomic E-state index is 13.7. The molecule has 2 fully saturated rings. The van der Waals surface area contributed by atoms with Gasteiger partial charge in [0.2, 0.25) is 11.7 Å². The molecule has 2 heterocycles. The summed E-state index contributed by atoms with van der Waals surface area (Å²) in [7, 11) is 0. The zero-order chi connectivity index (χ0) is 33.0. The fraction of sp³-hybridized carbons (Fsp3) is 0.306. The van der Waals surface area contributed by atoms with Crippen molar-refractivity contribution in [1.29, 1.82) is 0 Å². The third-order valence-corrected chi connectivity index (χ3v) is 8.73. The van der Waals surface area contributed by atoms with Gasteiger partial charge in [-0.2, -0.15) is 13.2 Å². The average Bonchev–Trinajstić information content (AvgIpc) is 3.77. The number of nitrogens with one attached hydrogen (secondary N) is 1. The van der Waals surface area contributed by atoms with E-state index in [0.717, 1.165) is 23.7 Å². The van der Waals surface area contributed by atoms with Crippen molar-refractivity contribution in [3.8, 4) is 11.3 Å². The van der Waals surface area contributed by atoms with E-state index in [1.807, 2.05) is 35.2 Å². The molecular weight excluding hydrogens is 611 g/mol. The van der Waals surface area contributed by atoms with Gasteiger partial charge in [0.05, 0.1) is 17.4 Å². The highest BCUT2D eigenvalue weighted by molar-refractivity contribution is 6.05. The molecule has 1 aliphatic heterocycles. The van der Waals surface area contributed by atoms with Gasteiger partial charge in [-0.05, 0) is 48.7 Å². The number of piperazine rings is 1. The van der Waals surface area contributed by atoms with E-state index in [-0.39, 0.29) is 30.2 Å². The van der Waals surface area contributed by atoms with E-state index in [4.69, 9.17) is 9.15 Å². The van der Waals surface area contributed by atoms with Crippen LogP contribution in [0.4, 0.5) is 24.5 Å². The second-order valence-corrected chi connectivity index (χ2v) is 11.8. The lowest BCUT2D eigenvalue weighted by Crippen LogP contribution is -2.51. The zero-order valence-electron chi connectivity index (χ0n) is 25.5. The van der Waals surface area contributed by atoms with Crippen molar-refractivity contribution in [3.63, 3.8) is 0 Å². The van der Waals surface area contributed by atoms with Crippen LogP contribution in [-0.2, 0) is 27.1 Å². The summed E-state index contributed by atoms with van der Waals surface area (Å²) in [5.41, 5.74) is 1.90. The smallest absolute Gasteiger partial charge is 0.450 e. The monoisotopic (exact) mass is 645 g/mol. The van der Waals surface area contributed by atoms with Gasteiger partial charge >= 0.3 is 12.1 Å². The van der Waals surface area contributed by atoms with E-state index in [9.17, 15) is 27.6 Å². The number of ether oxygens (including phenoxy) is 1. The number of carbonyl (C=O) groups excluding carboxylic acids is 3. The molecule has 1 N–H and O–H groups in total. The van der Waals surface area contributed by atoms with E-state index in [0.29, 0.717) is 50.3 Å². The van der Waals surface area contributed by atoms with Crippen LogP contribution in [0.25, 0.3) is 11.3 Å². The Kier molecular flexibility index (Phi) is 9.33. The molecule has 1 saturated heterocycles. The molecule has 1 aliphatic carbocycles. The fourth-order valence-electron chi connectivity index (χ4n) is 6.26. The first-order chi connectivity index (χ1) is 22.7. The van der Waals surface area contributed by atoms with E-state index < -0.39 is 29.3 Å². The van der Waals surface area contributed by atoms with E-state index in [1.165, 1.54) is 0 Å². The van der Waals surface area contributed by atoms with Crippen LogP contribution in [0, 0.1) is 11.8 Å². The van der Waals surface area contributed by atoms with Crippen LogP contribution in [0.3, 0.4) is 0 Å².